The van der Waals surface area contributed by atoms with E-state index in [2.05, 4.69) is 15.5 Å². The molecule has 0 atom stereocenters. The van der Waals surface area contributed by atoms with Crippen LogP contribution in [0.2, 0.25) is 0 Å². The number of hydrogen-bond donors (Lipinski definition) is 1. The van der Waals surface area contributed by atoms with Crippen LogP contribution in [0.1, 0.15) is 15.4 Å². The molecule has 6 nitrogen and oxygen atoms in total. The molecule has 4 rings (SSSR count). The Morgan fingerprint density at radius 2 is 1.82 bits per heavy atom. The number of benzene rings is 2. The molecule has 1 amide bonds. The molecule has 1 N–H and O–H groups in total. The first-order chi connectivity index (χ1) is 13.6. The second kappa shape index (κ2) is 7.66. The van der Waals surface area contributed by atoms with E-state index in [9.17, 15) is 4.79 Å². The van der Waals surface area contributed by atoms with Gasteiger partial charge in [-0.3, -0.25) is 10.1 Å². The minimum absolute atomic E-state index is 0.206. The smallest absolute Gasteiger partial charge is 0.279 e. The maximum atomic E-state index is 12.5. The van der Waals surface area contributed by atoms with Crippen molar-refractivity contribution in [1.82, 2.24) is 10.1 Å². The van der Waals surface area contributed by atoms with Crippen molar-refractivity contribution in [2.75, 3.05) is 12.4 Å². The maximum absolute atomic E-state index is 12.5. The van der Waals surface area contributed by atoms with E-state index < -0.39 is 0 Å². The SMILES string of the molecule is COc1ccc(-c2nc(NC(=O)c3cc(-c4ccccc4)on3)sc2C)cc1. The fourth-order valence-electron chi connectivity index (χ4n) is 2.75. The molecule has 4 aromatic rings. The van der Waals surface area contributed by atoms with Crippen LogP contribution in [-0.2, 0) is 0 Å². The van der Waals surface area contributed by atoms with Crippen LogP contribution < -0.4 is 10.1 Å². The van der Waals surface area contributed by atoms with E-state index >= 15 is 0 Å². The molecule has 0 saturated carbocycles. The van der Waals surface area contributed by atoms with Crippen LogP contribution in [0.4, 0.5) is 5.13 Å². The Morgan fingerprint density at radius 1 is 1.07 bits per heavy atom. The molecule has 28 heavy (non-hydrogen) atoms. The summed E-state index contributed by atoms with van der Waals surface area (Å²) in [5.41, 5.74) is 2.86. The quantitative estimate of drug-likeness (QED) is 0.516. The third-order valence-electron chi connectivity index (χ3n) is 4.18. The fourth-order valence-corrected chi connectivity index (χ4v) is 3.58. The number of ether oxygens (including phenoxy) is 1. The summed E-state index contributed by atoms with van der Waals surface area (Å²) in [5, 5.41) is 7.18. The lowest BCUT2D eigenvalue weighted by atomic mass is 10.1. The molecule has 7 heteroatoms. The largest absolute Gasteiger partial charge is 0.497 e. The van der Waals surface area contributed by atoms with Crippen molar-refractivity contribution in [2.24, 2.45) is 0 Å². The molecule has 0 saturated heterocycles. The zero-order valence-corrected chi connectivity index (χ0v) is 16.1. The van der Waals surface area contributed by atoms with Gasteiger partial charge in [-0.2, -0.15) is 0 Å². The number of thiazole rings is 1. The van der Waals surface area contributed by atoms with Gasteiger partial charge in [-0.1, -0.05) is 35.5 Å². The molecule has 0 unspecified atom stereocenters. The van der Waals surface area contributed by atoms with Crippen LogP contribution in [0.25, 0.3) is 22.6 Å². The highest BCUT2D eigenvalue weighted by atomic mass is 32.1. The number of carbonyl (C=O) groups is 1. The lowest BCUT2D eigenvalue weighted by Crippen LogP contribution is -2.11. The minimum atomic E-state index is -0.360. The highest BCUT2D eigenvalue weighted by Crippen LogP contribution is 2.31. The van der Waals surface area contributed by atoms with Gasteiger partial charge in [0, 0.05) is 22.1 Å². The van der Waals surface area contributed by atoms with E-state index in [1.165, 1.54) is 11.3 Å². The monoisotopic (exact) mass is 391 g/mol. The Kier molecular flexibility index (Phi) is 4.90. The second-order valence-electron chi connectivity index (χ2n) is 6.05. The number of methoxy groups -OCH3 is 1. The molecule has 0 aliphatic heterocycles. The number of nitrogens with zero attached hydrogens (tertiary/aromatic N) is 2. The van der Waals surface area contributed by atoms with Gasteiger partial charge in [0.15, 0.2) is 16.6 Å². The molecule has 0 aliphatic rings. The summed E-state index contributed by atoms with van der Waals surface area (Å²) in [5.74, 6) is 0.964. The molecule has 0 radical (unpaired) electrons. The molecule has 2 aromatic carbocycles. The summed E-state index contributed by atoms with van der Waals surface area (Å²) in [6.07, 6.45) is 0. The van der Waals surface area contributed by atoms with Gasteiger partial charge in [-0.15, -0.1) is 11.3 Å². The number of carbonyl (C=O) groups excluding carboxylic acids is 1. The molecule has 0 aliphatic carbocycles. The summed E-state index contributed by atoms with van der Waals surface area (Å²) in [4.78, 5) is 18.1. The van der Waals surface area contributed by atoms with Gasteiger partial charge >= 0.3 is 0 Å². The average molecular weight is 391 g/mol. The summed E-state index contributed by atoms with van der Waals surface area (Å²) < 4.78 is 10.5. The normalized spacial score (nSPS) is 10.6. The van der Waals surface area contributed by atoms with Gasteiger partial charge in [0.2, 0.25) is 0 Å². The van der Waals surface area contributed by atoms with E-state index in [4.69, 9.17) is 9.26 Å². The number of anilines is 1. The number of rotatable bonds is 5. The maximum Gasteiger partial charge on any atom is 0.279 e. The molecule has 2 aromatic heterocycles. The number of hydrogen-bond acceptors (Lipinski definition) is 6. The van der Waals surface area contributed by atoms with Crippen molar-refractivity contribution in [2.45, 2.75) is 6.92 Å². The van der Waals surface area contributed by atoms with E-state index in [1.807, 2.05) is 61.5 Å². The van der Waals surface area contributed by atoms with Crippen LogP contribution >= 0.6 is 11.3 Å². The van der Waals surface area contributed by atoms with Crippen LogP contribution in [0.5, 0.6) is 5.75 Å². The summed E-state index contributed by atoms with van der Waals surface area (Å²) >= 11 is 1.41. The number of aryl methyl sites for hydroxylation is 1. The topological polar surface area (TPSA) is 77.2 Å². The van der Waals surface area contributed by atoms with Crippen molar-refractivity contribution >= 4 is 22.4 Å². The van der Waals surface area contributed by atoms with Crippen molar-refractivity contribution in [3.05, 3.63) is 71.2 Å². The van der Waals surface area contributed by atoms with Crippen LogP contribution in [-0.4, -0.2) is 23.2 Å². The first-order valence-electron chi connectivity index (χ1n) is 8.59. The molecular formula is C21H17N3O3S. The first kappa shape index (κ1) is 17.9. The Labute approximate surface area is 165 Å². The van der Waals surface area contributed by atoms with Gasteiger partial charge < -0.3 is 9.26 Å². The minimum Gasteiger partial charge on any atom is -0.497 e. The Hall–Kier alpha value is -3.45. The van der Waals surface area contributed by atoms with Crippen molar-refractivity contribution in [3.63, 3.8) is 0 Å². The van der Waals surface area contributed by atoms with Crippen LogP contribution in [0.15, 0.2) is 65.2 Å². The molecule has 0 spiro atoms. The Morgan fingerprint density at radius 3 is 2.54 bits per heavy atom. The zero-order chi connectivity index (χ0) is 19.5. The first-order valence-corrected chi connectivity index (χ1v) is 9.41. The van der Waals surface area contributed by atoms with Crippen molar-refractivity contribution in [1.29, 1.82) is 0 Å². The molecule has 140 valence electrons. The van der Waals surface area contributed by atoms with Gasteiger partial charge in [-0.05, 0) is 31.2 Å². The van der Waals surface area contributed by atoms with Gasteiger partial charge in [0.05, 0.1) is 12.8 Å². The van der Waals surface area contributed by atoms with Crippen molar-refractivity contribution in [3.8, 4) is 28.3 Å². The number of amides is 1. The zero-order valence-electron chi connectivity index (χ0n) is 15.3. The van der Waals surface area contributed by atoms with Gasteiger partial charge in [0.1, 0.15) is 5.75 Å². The highest BCUT2D eigenvalue weighted by molar-refractivity contribution is 7.16. The molecule has 2 heterocycles. The van der Waals surface area contributed by atoms with Crippen molar-refractivity contribution < 1.29 is 14.1 Å². The van der Waals surface area contributed by atoms with E-state index in [-0.39, 0.29) is 11.6 Å². The fraction of sp³-hybridized carbons (Fsp3) is 0.0952. The predicted octanol–water partition coefficient (Wildman–Crippen LogP) is 5.03. The second-order valence-corrected chi connectivity index (χ2v) is 7.25. The molecule has 0 fully saturated rings. The number of nitrogens with one attached hydrogen (secondary N) is 1. The Balaban J connectivity index is 1.51. The van der Waals surface area contributed by atoms with Gasteiger partial charge in [0.25, 0.3) is 5.91 Å². The highest BCUT2D eigenvalue weighted by Gasteiger charge is 2.17. The molecular weight excluding hydrogens is 374 g/mol. The number of aromatic nitrogens is 2. The summed E-state index contributed by atoms with van der Waals surface area (Å²) in [6, 6.07) is 18.8. The van der Waals surface area contributed by atoms with Crippen LogP contribution in [0.3, 0.4) is 0 Å². The van der Waals surface area contributed by atoms with E-state index in [1.54, 1.807) is 13.2 Å². The van der Waals surface area contributed by atoms with E-state index in [0.717, 1.165) is 27.4 Å². The third kappa shape index (κ3) is 3.65. The average Bonchev–Trinajstić information content (AvgIpc) is 3.36. The summed E-state index contributed by atoms with van der Waals surface area (Å²) in [7, 11) is 1.63. The third-order valence-corrected chi connectivity index (χ3v) is 5.07. The van der Waals surface area contributed by atoms with Gasteiger partial charge in [-0.25, -0.2) is 4.98 Å². The lowest BCUT2D eigenvalue weighted by Gasteiger charge is -2.01. The standard InChI is InChI=1S/C21H17N3O3S/c1-13-19(15-8-10-16(26-2)11-9-15)22-21(28-13)23-20(25)17-12-18(27-24-17)14-6-4-3-5-7-14/h3-12H,1-2H3,(H,22,23,25). The Bertz CT molecular complexity index is 1100. The predicted molar refractivity (Wildman–Crippen MR) is 109 cm³/mol. The van der Waals surface area contributed by atoms with Crippen LogP contribution in [0, 0.1) is 6.92 Å². The van der Waals surface area contributed by atoms with E-state index in [0.29, 0.717) is 10.9 Å². The lowest BCUT2D eigenvalue weighted by molar-refractivity contribution is 0.101. The molecule has 0 bridgehead atoms. The summed E-state index contributed by atoms with van der Waals surface area (Å²) in [6.45, 7) is 1.97.